The second kappa shape index (κ2) is 11.2. The minimum absolute atomic E-state index is 0. The fraction of sp³-hybridized carbons (Fsp3) is 0.545. The van der Waals surface area contributed by atoms with Crippen molar-refractivity contribution in [3.8, 4) is 5.88 Å². The summed E-state index contributed by atoms with van der Waals surface area (Å²) in [5, 5.41) is 0. The molecule has 4 N–H and O–H groups in total. The molecule has 0 aromatic carbocycles. The molecule has 5 nitrogen and oxygen atoms in total. The predicted molar refractivity (Wildman–Crippen MR) is 78.8 cm³/mol. The lowest BCUT2D eigenvalue weighted by Crippen LogP contribution is -2.09. The molecule has 1 aromatic heterocycles. The zero-order valence-corrected chi connectivity index (χ0v) is 12.1. The van der Waals surface area contributed by atoms with Gasteiger partial charge in [0.1, 0.15) is 6.61 Å². The van der Waals surface area contributed by atoms with Crippen molar-refractivity contribution in [2.45, 2.75) is 19.8 Å². The summed E-state index contributed by atoms with van der Waals surface area (Å²) in [6.07, 6.45) is 3.72. The fourth-order valence-corrected chi connectivity index (χ4v) is 1.15. The number of halogens is 2. The second-order valence-electron chi connectivity index (χ2n) is 3.48. The summed E-state index contributed by atoms with van der Waals surface area (Å²) in [7, 11) is 0. The van der Waals surface area contributed by atoms with E-state index in [2.05, 4.69) is 11.9 Å². The van der Waals surface area contributed by atoms with Crippen LogP contribution in [-0.2, 0) is 4.74 Å². The van der Waals surface area contributed by atoms with Crippen molar-refractivity contribution in [3.05, 3.63) is 12.3 Å². The Morgan fingerprint density at radius 3 is 2.50 bits per heavy atom. The number of anilines is 2. The molecule has 18 heavy (non-hydrogen) atoms. The zero-order valence-electron chi connectivity index (χ0n) is 10.4. The third-order valence-corrected chi connectivity index (χ3v) is 2.01. The Morgan fingerprint density at radius 2 is 1.89 bits per heavy atom. The summed E-state index contributed by atoms with van der Waals surface area (Å²) < 4.78 is 10.7. The van der Waals surface area contributed by atoms with Gasteiger partial charge in [0.25, 0.3) is 0 Å². The smallest absolute Gasteiger partial charge is 0.237 e. The van der Waals surface area contributed by atoms with Gasteiger partial charge in [0.15, 0.2) is 0 Å². The van der Waals surface area contributed by atoms with Crippen molar-refractivity contribution in [2.75, 3.05) is 31.3 Å². The van der Waals surface area contributed by atoms with Gasteiger partial charge in [-0.1, -0.05) is 13.3 Å². The van der Waals surface area contributed by atoms with E-state index in [0.29, 0.717) is 30.5 Å². The molecule has 0 aliphatic carbocycles. The third-order valence-electron chi connectivity index (χ3n) is 2.01. The molecule has 7 heteroatoms. The van der Waals surface area contributed by atoms with E-state index < -0.39 is 0 Å². The molecule has 0 saturated heterocycles. The van der Waals surface area contributed by atoms with Gasteiger partial charge in [0.05, 0.1) is 24.2 Å². The van der Waals surface area contributed by atoms with Crippen LogP contribution in [0.1, 0.15) is 19.8 Å². The molecule has 1 rings (SSSR count). The summed E-state index contributed by atoms with van der Waals surface area (Å²) in [5.74, 6) is 0.410. The van der Waals surface area contributed by atoms with Gasteiger partial charge >= 0.3 is 0 Å². The molecule has 0 atom stereocenters. The summed E-state index contributed by atoms with van der Waals surface area (Å²) in [6.45, 7) is 3.89. The highest BCUT2D eigenvalue weighted by atomic mass is 35.5. The summed E-state index contributed by atoms with van der Waals surface area (Å²) in [6, 6.07) is 1.63. The first-order valence-corrected chi connectivity index (χ1v) is 5.45. The topological polar surface area (TPSA) is 83.4 Å². The lowest BCUT2D eigenvalue weighted by atomic mass is 10.4. The van der Waals surface area contributed by atoms with Gasteiger partial charge in [-0.15, -0.1) is 24.8 Å². The second-order valence-corrected chi connectivity index (χ2v) is 3.48. The number of pyridine rings is 1. The summed E-state index contributed by atoms with van der Waals surface area (Å²) in [5.41, 5.74) is 12.2. The largest absolute Gasteiger partial charge is 0.474 e. The molecule has 0 amide bonds. The lowest BCUT2D eigenvalue weighted by Gasteiger charge is -2.08. The highest BCUT2D eigenvalue weighted by Crippen LogP contribution is 2.19. The van der Waals surface area contributed by atoms with Crippen LogP contribution in [0.3, 0.4) is 0 Å². The van der Waals surface area contributed by atoms with Crippen molar-refractivity contribution < 1.29 is 9.47 Å². The molecule has 106 valence electrons. The van der Waals surface area contributed by atoms with Crippen molar-refractivity contribution in [1.82, 2.24) is 4.98 Å². The Labute approximate surface area is 120 Å². The molecule has 1 heterocycles. The van der Waals surface area contributed by atoms with E-state index in [4.69, 9.17) is 20.9 Å². The van der Waals surface area contributed by atoms with Crippen LogP contribution in [0.15, 0.2) is 12.3 Å². The number of aromatic nitrogens is 1. The SMILES string of the molecule is CCCCOCCOc1ncc(N)cc1N.Cl.Cl. The van der Waals surface area contributed by atoms with Crippen LogP contribution in [0.4, 0.5) is 11.4 Å². The Bertz CT molecular complexity index is 327. The Hall–Kier alpha value is -0.910. The van der Waals surface area contributed by atoms with Gasteiger partial charge in [-0.25, -0.2) is 4.98 Å². The van der Waals surface area contributed by atoms with E-state index in [1.54, 1.807) is 6.07 Å². The van der Waals surface area contributed by atoms with Crippen LogP contribution < -0.4 is 16.2 Å². The number of nitrogens with two attached hydrogens (primary N) is 2. The Balaban J connectivity index is 0. The number of hydrogen-bond donors (Lipinski definition) is 2. The van der Waals surface area contributed by atoms with E-state index in [9.17, 15) is 0 Å². The van der Waals surface area contributed by atoms with E-state index >= 15 is 0 Å². The van der Waals surface area contributed by atoms with Crippen molar-refractivity contribution in [1.29, 1.82) is 0 Å². The van der Waals surface area contributed by atoms with Gasteiger partial charge in [-0.05, 0) is 12.5 Å². The van der Waals surface area contributed by atoms with Gasteiger partial charge in [0.2, 0.25) is 5.88 Å². The van der Waals surface area contributed by atoms with E-state index in [1.807, 2.05) is 0 Å². The third kappa shape index (κ3) is 7.42. The first-order valence-electron chi connectivity index (χ1n) is 5.45. The van der Waals surface area contributed by atoms with Crippen molar-refractivity contribution in [2.24, 2.45) is 0 Å². The highest BCUT2D eigenvalue weighted by Gasteiger charge is 2.01. The van der Waals surface area contributed by atoms with Crippen LogP contribution in [0.2, 0.25) is 0 Å². The normalized spacial score (nSPS) is 9.17. The number of rotatable bonds is 7. The molecule has 0 spiro atoms. The Morgan fingerprint density at radius 1 is 1.17 bits per heavy atom. The molecular formula is C11H21Cl2N3O2. The van der Waals surface area contributed by atoms with E-state index in [0.717, 1.165) is 19.4 Å². The number of hydrogen-bond acceptors (Lipinski definition) is 5. The van der Waals surface area contributed by atoms with Crippen LogP contribution in [-0.4, -0.2) is 24.8 Å². The van der Waals surface area contributed by atoms with Gasteiger partial charge in [-0.2, -0.15) is 0 Å². The molecule has 0 bridgehead atoms. The van der Waals surface area contributed by atoms with Gasteiger partial charge < -0.3 is 20.9 Å². The maximum atomic E-state index is 5.68. The quantitative estimate of drug-likeness (QED) is 0.755. The maximum absolute atomic E-state index is 5.68. The lowest BCUT2D eigenvalue weighted by molar-refractivity contribution is 0.0968. The Kier molecular flexibility index (Phi) is 12.1. The van der Waals surface area contributed by atoms with Crippen LogP contribution in [0, 0.1) is 0 Å². The van der Waals surface area contributed by atoms with Crippen LogP contribution in [0.5, 0.6) is 5.88 Å². The molecule has 0 radical (unpaired) electrons. The average Bonchev–Trinajstić information content (AvgIpc) is 2.26. The predicted octanol–water partition coefficient (Wildman–Crippen LogP) is 2.29. The molecule has 0 fully saturated rings. The number of nitrogen functional groups attached to an aromatic ring is 2. The number of ether oxygens (including phenoxy) is 2. The molecule has 0 saturated carbocycles. The standard InChI is InChI=1S/C11H19N3O2.2ClH/c1-2-3-4-15-5-6-16-11-10(13)7-9(12)8-14-11;;/h7-8H,2-6,12-13H2,1H3;2*1H. The minimum Gasteiger partial charge on any atom is -0.474 e. The van der Waals surface area contributed by atoms with E-state index in [1.165, 1.54) is 6.20 Å². The summed E-state index contributed by atoms with van der Waals surface area (Å²) in [4.78, 5) is 3.98. The minimum atomic E-state index is 0. The first kappa shape index (κ1) is 19.4. The molecule has 1 aromatic rings. The van der Waals surface area contributed by atoms with Gasteiger partial charge in [-0.3, -0.25) is 0 Å². The zero-order chi connectivity index (χ0) is 11.8. The summed E-state index contributed by atoms with van der Waals surface area (Å²) >= 11 is 0. The van der Waals surface area contributed by atoms with Crippen molar-refractivity contribution >= 4 is 36.2 Å². The fourth-order valence-electron chi connectivity index (χ4n) is 1.15. The molecule has 0 aliphatic rings. The molecule has 0 aliphatic heterocycles. The molecular weight excluding hydrogens is 277 g/mol. The van der Waals surface area contributed by atoms with Crippen molar-refractivity contribution in [3.63, 3.8) is 0 Å². The first-order chi connectivity index (χ1) is 7.74. The average molecular weight is 298 g/mol. The van der Waals surface area contributed by atoms with E-state index in [-0.39, 0.29) is 24.8 Å². The van der Waals surface area contributed by atoms with Crippen LogP contribution >= 0.6 is 24.8 Å². The highest BCUT2D eigenvalue weighted by molar-refractivity contribution is 5.85. The van der Waals surface area contributed by atoms with Gasteiger partial charge in [0, 0.05) is 6.61 Å². The maximum Gasteiger partial charge on any atom is 0.237 e. The number of unbranched alkanes of at least 4 members (excludes halogenated alkanes) is 1. The monoisotopic (exact) mass is 297 g/mol. The van der Waals surface area contributed by atoms with Crippen LogP contribution in [0.25, 0.3) is 0 Å². The molecule has 0 unspecified atom stereocenters. The number of nitrogens with zero attached hydrogens (tertiary/aromatic N) is 1.